The summed E-state index contributed by atoms with van der Waals surface area (Å²) in [6.45, 7) is 39.1. The summed E-state index contributed by atoms with van der Waals surface area (Å²) in [7, 11) is 0. The Balaban J connectivity index is 0.950. The van der Waals surface area contributed by atoms with E-state index in [1.165, 1.54) is 0 Å². The number of piperazine rings is 4. The SMILES string of the molecule is CC1(C)CN(CC(=NC2CCCCC2)c2nc(CCCc3nc(C(CN4CC(C)(C)NC(C)(C)C4=O)=NC4CCCCC4)nc(C(=NC4CCCCC4)C4(N5CC(C)(C)NC(C)(C)C5=O)C5CCN4CC5)n3)nc(C(=NC3CCCCC3)C3(N4CC(C)(C)NC(C)(C)C4=O)C4CCN3CC4)n2)C(=O)C(C)(C)N1. The van der Waals surface area contributed by atoms with Crippen LogP contribution in [0.3, 0.4) is 0 Å². The van der Waals surface area contributed by atoms with E-state index in [0.29, 0.717) is 91.8 Å². The summed E-state index contributed by atoms with van der Waals surface area (Å²) in [6.07, 6.45) is 25.6. The molecule has 2 aromatic rings. The Morgan fingerprint density at radius 3 is 0.925 bits per heavy atom. The van der Waals surface area contributed by atoms with Crippen molar-refractivity contribution in [1.82, 2.24) is 80.6 Å². The highest BCUT2D eigenvalue weighted by Crippen LogP contribution is 2.52. The van der Waals surface area contributed by atoms with E-state index in [0.717, 1.165) is 192 Å². The van der Waals surface area contributed by atoms with Crippen LogP contribution < -0.4 is 21.3 Å². The molecule has 4 saturated carbocycles. The van der Waals surface area contributed by atoms with Crippen LogP contribution in [0, 0.1) is 11.8 Å². The molecule has 107 heavy (non-hydrogen) atoms. The second-order valence-electron chi connectivity index (χ2n) is 39.5. The van der Waals surface area contributed by atoms with Crippen molar-refractivity contribution < 1.29 is 19.2 Å². The number of aliphatic imine (C=N–C) groups is 4. The van der Waals surface area contributed by atoms with Gasteiger partial charge in [0.15, 0.2) is 23.3 Å². The first-order valence-electron chi connectivity index (χ1n) is 42.2. The fraction of sp³-hybridized carbons (Fsp3) is 0.831. The van der Waals surface area contributed by atoms with Gasteiger partial charge >= 0.3 is 0 Å². The molecule has 2 atom stereocenters. The summed E-state index contributed by atoms with van der Waals surface area (Å²) >= 11 is 0. The molecule has 4 bridgehead atoms. The second kappa shape index (κ2) is 29.5. The van der Waals surface area contributed by atoms with E-state index in [9.17, 15) is 9.59 Å². The van der Waals surface area contributed by atoms with Crippen molar-refractivity contribution in [1.29, 1.82) is 0 Å². The van der Waals surface area contributed by atoms with Crippen molar-refractivity contribution in [3.63, 3.8) is 0 Å². The number of hydrogen-bond acceptors (Lipinski definition) is 20. The number of rotatable bonds is 20. The third-order valence-electron chi connectivity index (χ3n) is 26.1. The van der Waals surface area contributed by atoms with E-state index in [4.69, 9.17) is 49.9 Å². The Morgan fingerprint density at radius 1 is 0.346 bits per heavy atom. The molecule has 8 saturated heterocycles. The van der Waals surface area contributed by atoms with Crippen LogP contribution in [-0.2, 0) is 32.0 Å². The molecule has 12 aliphatic rings. The molecule has 0 aromatic carbocycles. The highest BCUT2D eigenvalue weighted by Gasteiger charge is 2.67. The molecule has 0 spiro atoms. The van der Waals surface area contributed by atoms with Crippen molar-refractivity contribution in [3.05, 3.63) is 34.9 Å². The van der Waals surface area contributed by atoms with Crippen LogP contribution in [0.4, 0.5) is 0 Å². The van der Waals surface area contributed by atoms with Gasteiger partial charge in [-0.2, -0.15) is 0 Å². The number of nitrogens with zero attached hydrogens (tertiary/aromatic N) is 16. The molecule has 24 heteroatoms. The molecule has 10 heterocycles. The summed E-state index contributed by atoms with van der Waals surface area (Å²) in [6, 6.07) is 0.0515. The van der Waals surface area contributed by atoms with Crippen molar-refractivity contribution in [2.24, 2.45) is 31.8 Å². The molecular weight excluding hydrogens is 1340 g/mol. The van der Waals surface area contributed by atoms with Crippen LogP contribution in [0.1, 0.15) is 306 Å². The minimum absolute atomic E-state index is 0.00273. The standard InChI is InChI=1S/C83H132N20O4/c1-74(2)50-98(70(104)78(9,10)94-74)48-60(84-56-30-21-17-22-31-56)66-88-62(90-68(92-66)64(86-58-34-25-19-26-35-58)82(54-40-44-100(82)45-41-54)102-52-76(5,6)96-80(13,14)72(102)106)38-29-39-63-89-67(61(85-57-32-23-18-24-33-57)49-99-51-75(3,4)95-79(11,12)71(99)105)93-69(91-63)65(87-59-36-27-20-28-37-59)83(55-42-46-101(83)47-43-55)103-53-77(7,8)97-81(15,16)73(103)107/h54-59,94-97H,17-53H2,1-16H3. The Labute approximate surface area is 639 Å². The Morgan fingerprint density at radius 2 is 0.626 bits per heavy atom. The molecule has 4 aliphatic carbocycles. The first kappa shape index (κ1) is 78.0. The molecule has 12 fully saturated rings. The number of aryl methyl sites for hydroxylation is 2. The predicted octanol–water partition coefficient (Wildman–Crippen LogP) is 9.52. The Bertz CT molecular complexity index is 3520. The maximum atomic E-state index is 15.7. The average Bonchev–Trinajstić information content (AvgIpc) is 1.58. The van der Waals surface area contributed by atoms with E-state index >= 15 is 9.59 Å². The lowest BCUT2D eigenvalue weighted by Crippen LogP contribution is -2.77. The number of fused-ring (bicyclic) bond motifs is 4. The number of carbonyl (C=O) groups excluding carboxylic acids is 4. The topological polar surface area (TPSA) is 263 Å². The highest BCUT2D eigenvalue weighted by atomic mass is 16.2. The lowest BCUT2D eigenvalue weighted by molar-refractivity contribution is -0.155. The van der Waals surface area contributed by atoms with E-state index < -0.39 is 55.6 Å². The molecule has 14 rings (SSSR count). The molecule has 588 valence electrons. The van der Waals surface area contributed by atoms with Crippen molar-refractivity contribution >= 4 is 46.5 Å². The van der Waals surface area contributed by atoms with Gasteiger partial charge in [-0.3, -0.25) is 70.2 Å². The number of aromatic nitrogens is 6. The van der Waals surface area contributed by atoms with E-state index in [-0.39, 0.29) is 72.7 Å². The van der Waals surface area contributed by atoms with Gasteiger partial charge in [0.25, 0.3) is 0 Å². The van der Waals surface area contributed by atoms with Gasteiger partial charge in [0.2, 0.25) is 23.6 Å². The predicted molar refractivity (Wildman–Crippen MR) is 421 cm³/mol. The zero-order valence-electron chi connectivity index (χ0n) is 68.4. The zero-order valence-corrected chi connectivity index (χ0v) is 68.4. The van der Waals surface area contributed by atoms with Gasteiger partial charge in [-0.1, -0.05) is 77.0 Å². The van der Waals surface area contributed by atoms with Gasteiger partial charge in [0.1, 0.15) is 34.4 Å². The van der Waals surface area contributed by atoms with Gasteiger partial charge in [-0.15, -0.1) is 0 Å². The summed E-state index contributed by atoms with van der Waals surface area (Å²) in [5.74, 6) is 3.22. The van der Waals surface area contributed by atoms with Gasteiger partial charge < -0.3 is 19.6 Å². The van der Waals surface area contributed by atoms with E-state index in [1.807, 2.05) is 65.2 Å². The third-order valence-corrected chi connectivity index (χ3v) is 26.1. The van der Waals surface area contributed by atoms with Gasteiger partial charge in [0.05, 0.1) is 70.8 Å². The number of amides is 4. The lowest BCUT2D eigenvalue weighted by atomic mass is 9.81. The first-order valence-corrected chi connectivity index (χ1v) is 42.2. The molecular formula is C83H132N20O4. The minimum atomic E-state index is -0.940. The van der Waals surface area contributed by atoms with Crippen molar-refractivity contribution in [2.45, 2.75) is 364 Å². The summed E-state index contributed by atoms with van der Waals surface area (Å²) in [5.41, 5.74) is -4.12. The molecule has 24 nitrogen and oxygen atoms in total. The number of hydrogen-bond donors (Lipinski definition) is 4. The van der Waals surface area contributed by atoms with Gasteiger partial charge in [-0.05, 0) is 194 Å². The van der Waals surface area contributed by atoms with Crippen LogP contribution in [0.15, 0.2) is 20.0 Å². The maximum Gasteiger partial charge on any atom is 0.244 e. The molecule has 4 amide bonds. The molecule has 0 radical (unpaired) electrons. The summed E-state index contributed by atoms with van der Waals surface area (Å²) in [5, 5.41) is 14.8. The molecule has 2 aromatic heterocycles. The first-order chi connectivity index (χ1) is 50.5. The van der Waals surface area contributed by atoms with Crippen LogP contribution in [-0.4, -0.2) is 251 Å². The third kappa shape index (κ3) is 15.7. The van der Waals surface area contributed by atoms with E-state index in [1.54, 1.807) is 0 Å². The monoisotopic (exact) mass is 1470 g/mol. The Kier molecular flexibility index (Phi) is 21.5. The van der Waals surface area contributed by atoms with Crippen LogP contribution in [0.25, 0.3) is 0 Å². The van der Waals surface area contributed by atoms with Gasteiger partial charge in [0, 0.05) is 99.2 Å². The van der Waals surface area contributed by atoms with Gasteiger partial charge in [-0.25, -0.2) is 29.9 Å². The smallest absolute Gasteiger partial charge is 0.244 e. The molecule has 2 unspecified atom stereocenters. The normalized spacial score (nSPS) is 32.1. The number of piperidine rings is 2. The fourth-order valence-electron chi connectivity index (χ4n) is 22.5. The second-order valence-corrected chi connectivity index (χ2v) is 39.5. The summed E-state index contributed by atoms with van der Waals surface area (Å²) < 4.78 is 0. The fourth-order valence-corrected chi connectivity index (χ4v) is 22.5. The largest absolute Gasteiger partial charge is 0.333 e. The van der Waals surface area contributed by atoms with Crippen LogP contribution >= 0.6 is 0 Å². The Hall–Kier alpha value is -5.66. The lowest BCUT2D eigenvalue weighted by Gasteiger charge is -2.55. The number of nitrogens with one attached hydrogen (secondary N) is 4. The highest BCUT2D eigenvalue weighted by molar-refractivity contribution is 6.11. The molecule has 8 aliphatic heterocycles. The average molecular weight is 1470 g/mol. The minimum Gasteiger partial charge on any atom is -0.333 e. The van der Waals surface area contributed by atoms with E-state index in [2.05, 4.69) is 96.3 Å². The maximum absolute atomic E-state index is 15.7. The quantitative estimate of drug-likeness (QED) is 0.0899. The molecule has 4 N–H and O–H groups in total. The zero-order chi connectivity index (χ0) is 76.1. The van der Waals surface area contributed by atoms with Crippen LogP contribution in [0.2, 0.25) is 0 Å². The van der Waals surface area contributed by atoms with Crippen LogP contribution in [0.5, 0.6) is 0 Å². The summed E-state index contributed by atoms with van der Waals surface area (Å²) in [4.78, 5) is 133. The number of carbonyl (C=O) groups is 4. The van der Waals surface area contributed by atoms with Crippen molar-refractivity contribution in [2.75, 3.05) is 65.4 Å². The van der Waals surface area contributed by atoms with Crippen molar-refractivity contribution in [3.8, 4) is 0 Å².